The van der Waals surface area contributed by atoms with Crippen LogP contribution in [0.15, 0.2) is 45.8 Å². The van der Waals surface area contributed by atoms with E-state index in [2.05, 4.69) is 15.9 Å². The molecular weight excluding hydrogens is 505 g/mol. The fourth-order valence-corrected chi connectivity index (χ4v) is 4.18. The average molecular weight is 517 g/mol. The van der Waals surface area contributed by atoms with Crippen molar-refractivity contribution in [3.05, 3.63) is 66.9 Å². The first-order valence-electron chi connectivity index (χ1n) is 8.08. The highest BCUT2D eigenvalue weighted by molar-refractivity contribution is 9.10. The molecule has 2 amide bonds. The van der Waals surface area contributed by atoms with Crippen LogP contribution in [0, 0.1) is 0 Å². The minimum absolute atomic E-state index is 0.0128. The van der Waals surface area contributed by atoms with E-state index < -0.39 is 23.7 Å². The van der Waals surface area contributed by atoms with Crippen molar-refractivity contribution in [1.82, 2.24) is 4.90 Å². The average Bonchev–Trinajstić information content (AvgIpc) is 2.90. The predicted octanol–water partition coefficient (Wildman–Crippen LogP) is 5.46. The van der Waals surface area contributed by atoms with Crippen molar-refractivity contribution in [2.45, 2.75) is 6.54 Å². The number of nitrogens with zero attached hydrogens (tertiary/aromatic N) is 1. The van der Waals surface area contributed by atoms with Crippen LogP contribution in [0.5, 0.6) is 5.75 Å². The van der Waals surface area contributed by atoms with E-state index >= 15 is 0 Å². The van der Waals surface area contributed by atoms with Gasteiger partial charge >= 0.3 is 5.97 Å². The van der Waals surface area contributed by atoms with Gasteiger partial charge in [-0.2, -0.15) is 0 Å². The second-order valence-electron chi connectivity index (χ2n) is 5.87. The van der Waals surface area contributed by atoms with Gasteiger partial charge in [-0.15, -0.1) is 0 Å². The van der Waals surface area contributed by atoms with E-state index in [-0.39, 0.29) is 17.2 Å². The molecule has 0 aromatic heterocycles. The number of halogens is 3. The topological polar surface area (TPSA) is 83.9 Å². The molecule has 0 bridgehead atoms. The molecule has 0 atom stereocenters. The molecule has 1 aliphatic heterocycles. The lowest BCUT2D eigenvalue weighted by molar-refractivity contribution is -0.139. The summed E-state index contributed by atoms with van der Waals surface area (Å²) in [6.45, 7) is -0.516. The van der Waals surface area contributed by atoms with Crippen LogP contribution in [0.1, 0.15) is 11.1 Å². The van der Waals surface area contributed by atoms with Gasteiger partial charge < -0.3 is 9.84 Å². The normalized spacial score (nSPS) is 15.3. The summed E-state index contributed by atoms with van der Waals surface area (Å²) in [5.41, 5.74) is 1.06. The second-order valence-corrected chi connectivity index (χ2v) is 8.62. The lowest BCUT2D eigenvalue weighted by atomic mass is 10.1. The molecule has 1 N–H and O–H groups in total. The Kier molecular flexibility index (Phi) is 6.89. The highest BCUT2D eigenvalue weighted by Gasteiger charge is 2.35. The first-order valence-corrected chi connectivity index (χ1v) is 10.4. The van der Waals surface area contributed by atoms with Crippen LogP contribution in [0.2, 0.25) is 10.0 Å². The Labute approximate surface area is 188 Å². The van der Waals surface area contributed by atoms with E-state index in [4.69, 9.17) is 33.0 Å². The summed E-state index contributed by atoms with van der Waals surface area (Å²) in [5.74, 6) is -1.32. The number of benzene rings is 2. The molecule has 2 aromatic carbocycles. The standard InChI is InChI=1S/C19H12BrCl2NO5S/c20-12-2-4-15(28-9-17(24)25)11(5-12)6-16-18(26)23(19(27)29-16)8-10-1-3-13(21)7-14(10)22/h1-7H,8-9H2,(H,24,25)/b16-6-. The zero-order valence-corrected chi connectivity index (χ0v) is 18.4. The van der Waals surface area contributed by atoms with Crippen LogP contribution in [0.4, 0.5) is 4.79 Å². The van der Waals surface area contributed by atoms with Crippen molar-refractivity contribution in [3.63, 3.8) is 0 Å². The summed E-state index contributed by atoms with van der Waals surface area (Å²) in [6.07, 6.45) is 1.50. The van der Waals surface area contributed by atoms with Crippen molar-refractivity contribution in [2.24, 2.45) is 0 Å². The summed E-state index contributed by atoms with van der Waals surface area (Å²) < 4.78 is 5.97. The van der Waals surface area contributed by atoms with E-state index in [1.54, 1.807) is 36.4 Å². The summed E-state index contributed by atoms with van der Waals surface area (Å²) in [6, 6.07) is 9.76. The van der Waals surface area contributed by atoms with Crippen LogP contribution in [0.25, 0.3) is 6.08 Å². The van der Waals surface area contributed by atoms with E-state index in [1.807, 2.05) is 0 Å². The van der Waals surface area contributed by atoms with Crippen LogP contribution in [0.3, 0.4) is 0 Å². The van der Waals surface area contributed by atoms with Crippen LogP contribution in [-0.2, 0) is 16.1 Å². The Bertz CT molecular complexity index is 1040. The Morgan fingerprint density at radius 1 is 1.21 bits per heavy atom. The molecule has 0 saturated carbocycles. The van der Waals surface area contributed by atoms with Crippen molar-refractivity contribution in [1.29, 1.82) is 0 Å². The number of carboxylic acid groups (broad SMARTS) is 1. The Hall–Kier alpha value is -2.00. The molecular formula is C19H12BrCl2NO5S. The number of hydrogen-bond acceptors (Lipinski definition) is 5. The molecule has 6 nitrogen and oxygen atoms in total. The number of rotatable bonds is 6. The molecule has 0 radical (unpaired) electrons. The molecule has 0 spiro atoms. The minimum atomic E-state index is -1.13. The number of hydrogen-bond donors (Lipinski definition) is 1. The third-order valence-corrected chi connectivity index (χ3v) is 5.81. The highest BCUT2D eigenvalue weighted by atomic mass is 79.9. The van der Waals surface area contributed by atoms with Gasteiger partial charge in [-0.25, -0.2) is 4.79 Å². The molecule has 0 aliphatic carbocycles. The largest absolute Gasteiger partial charge is 0.481 e. The van der Waals surface area contributed by atoms with Gasteiger partial charge in [0.05, 0.1) is 11.4 Å². The third-order valence-electron chi connectivity index (χ3n) is 3.83. The monoisotopic (exact) mass is 515 g/mol. The predicted molar refractivity (Wildman–Crippen MR) is 115 cm³/mol. The molecule has 2 aromatic rings. The van der Waals surface area contributed by atoms with Gasteiger partial charge in [0.2, 0.25) is 0 Å². The van der Waals surface area contributed by atoms with Gasteiger partial charge in [0.1, 0.15) is 5.75 Å². The van der Waals surface area contributed by atoms with E-state index in [0.717, 1.165) is 16.7 Å². The number of ether oxygens (including phenoxy) is 1. The maximum absolute atomic E-state index is 12.8. The Balaban J connectivity index is 1.86. The van der Waals surface area contributed by atoms with Gasteiger partial charge in [-0.1, -0.05) is 45.2 Å². The van der Waals surface area contributed by atoms with E-state index in [9.17, 15) is 14.4 Å². The molecule has 1 heterocycles. The SMILES string of the molecule is O=C(O)COc1ccc(Br)cc1/C=C1\SC(=O)N(Cc2ccc(Cl)cc2Cl)C1=O. The molecule has 0 unspecified atom stereocenters. The number of carbonyl (C=O) groups excluding carboxylic acids is 2. The quantitative estimate of drug-likeness (QED) is 0.513. The number of aliphatic carboxylic acids is 1. The van der Waals surface area contributed by atoms with Gasteiger partial charge in [-0.05, 0) is 53.7 Å². The maximum Gasteiger partial charge on any atom is 0.341 e. The first kappa shape index (κ1) is 21.7. The molecule has 3 rings (SSSR count). The molecule has 10 heteroatoms. The van der Waals surface area contributed by atoms with Crippen LogP contribution < -0.4 is 4.74 Å². The highest BCUT2D eigenvalue weighted by Crippen LogP contribution is 2.36. The Morgan fingerprint density at radius 3 is 2.66 bits per heavy atom. The summed E-state index contributed by atoms with van der Waals surface area (Å²) >= 11 is 16.1. The summed E-state index contributed by atoms with van der Waals surface area (Å²) in [7, 11) is 0. The molecule has 29 heavy (non-hydrogen) atoms. The van der Waals surface area contributed by atoms with Gasteiger partial charge in [0.15, 0.2) is 6.61 Å². The molecule has 1 aliphatic rings. The summed E-state index contributed by atoms with van der Waals surface area (Å²) in [4.78, 5) is 37.2. The lowest BCUT2D eigenvalue weighted by Gasteiger charge is -2.13. The Morgan fingerprint density at radius 2 is 1.97 bits per heavy atom. The van der Waals surface area contributed by atoms with Gasteiger partial charge in [0.25, 0.3) is 11.1 Å². The molecule has 1 fully saturated rings. The van der Waals surface area contributed by atoms with Crippen molar-refractivity contribution in [3.8, 4) is 5.75 Å². The number of imide groups is 1. The fraction of sp³-hybridized carbons (Fsp3) is 0.105. The number of carboxylic acids is 1. The molecule has 1 saturated heterocycles. The van der Waals surface area contributed by atoms with Gasteiger partial charge in [-0.3, -0.25) is 14.5 Å². The lowest BCUT2D eigenvalue weighted by Crippen LogP contribution is -2.27. The van der Waals surface area contributed by atoms with Crippen LogP contribution in [-0.4, -0.2) is 33.7 Å². The van der Waals surface area contributed by atoms with Gasteiger partial charge in [0, 0.05) is 20.1 Å². The summed E-state index contributed by atoms with van der Waals surface area (Å²) in [5, 5.41) is 9.20. The van der Waals surface area contributed by atoms with Crippen molar-refractivity contribution in [2.75, 3.05) is 6.61 Å². The zero-order valence-electron chi connectivity index (χ0n) is 14.5. The van der Waals surface area contributed by atoms with E-state index in [1.165, 1.54) is 6.08 Å². The first-order chi connectivity index (χ1) is 13.7. The smallest absolute Gasteiger partial charge is 0.341 e. The fourth-order valence-electron chi connectivity index (χ4n) is 2.50. The number of thioether (sulfide) groups is 1. The number of carbonyl (C=O) groups is 3. The van der Waals surface area contributed by atoms with E-state index in [0.29, 0.717) is 25.6 Å². The minimum Gasteiger partial charge on any atom is -0.481 e. The molecule has 150 valence electrons. The van der Waals surface area contributed by atoms with Crippen molar-refractivity contribution >= 4 is 74.1 Å². The van der Waals surface area contributed by atoms with Crippen molar-refractivity contribution < 1.29 is 24.2 Å². The second kappa shape index (κ2) is 9.21. The zero-order chi connectivity index (χ0) is 21.1. The van der Waals surface area contributed by atoms with Crippen LogP contribution >= 0.6 is 50.9 Å². The third kappa shape index (κ3) is 5.33. The number of amides is 2. The maximum atomic E-state index is 12.8.